The molecule has 3 nitrogen and oxygen atoms in total. The maximum Gasteiger partial charge on any atom is 0.133 e. The second kappa shape index (κ2) is 4.78. The van der Waals surface area contributed by atoms with Crippen molar-refractivity contribution in [3.8, 4) is 10.6 Å². The lowest BCUT2D eigenvalue weighted by molar-refractivity contribution is 0.698. The van der Waals surface area contributed by atoms with E-state index in [4.69, 9.17) is 4.98 Å². The van der Waals surface area contributed by atoms with Crippen molar-refractivity contribution in [2.45, 2.75) is 26.2 Å². The summed E-state index contributed by atoms with van der Waals surface area (Å²) in [5.41, 5.74) is 3.44. The Labute approximate surface area is 111 Å². The molecule has 0 bridgehead atoms. The van der Waals surface area contributed by atoms with Gasteiger partial charge in [-0.3, -0.25) is 0 Å². The molecule has 3 heterocycles. The minimum absolute atomic E-state index is 0.476. The topological polar surface area (TPSA) is 37.8 Å². The van der Waals surface area contributed by atoms with E-state index in [1.807, 2.05) is 0 Å². The van der Waals surface area contributed by atoms with Crippen molar-refractivity contribution in [1.29, 1.82) is 0 Å². The summed E-state index contributed by atoms with van der Waals surface area (Å²) in [5.74, 6) is 1.48. The number of aromatic nitrogens is 2. The summed E-state index contributed by atoms with van der Waals surface area (Å²) in [4.78, 5) is 10.7. The highest BCUT2D eigenvalue weighted by atomic mass is 32.1. The fourth-order valence-electron chi connectivity index (χ4n) is 2.40. The molecule has 1 atom stereocenters. The number of nitrogens with one attached hydrogen (secondary N) is 1. The monoisotopic (exact) mass is 259 g/mol. The number of rotatable bonds is 2. The molecule has 4 heteroatoms. The average Bonchev–Trinajstić information content (AvgIpc) is 2.98. The molecule has 1 fully saturated rings. The van der Waals surface area contributed by atoms with E-state index in [0.717, 1.165) is 36.7 Å². The Balaban J connectivity index is 2.03. The first-order valence-electron chi connectivity index (χ1n) is 6.35. The minimum Gasteiger partial charge on any atom is -0.316 e. The Morgan fingerprint density at radius 2 is 2.22 bits per heavy atom. The number of nitrogens with zero attached hydrogens (tertiary/aromatic N) is 2. The second-order valence-corrected chi connectivity index (χ2v) is 5.79. The molecule has 0 saturated carbocycles. The van der Waals surface area contributed by atoms with Crippen molar-refractivity contribution in [3.63, 3.8) is 0 Å². The van der Waals surface area contributed by atoms with Gasteiger partial charge in [0.05, 0.1) is 10.6 Å². The molecular weight excluding hydrogens is 242 g/mol. The third-order valence-corrected chi connectivity index (χ3v) is 4.43. The van der Waals surface area contributed by atoms with E-state index < -0.39 is 0 Å². The summed E-state index contributed by atoms with van der Waals surface area (Å²) in [6.07, 6.45) is 1.15. The van der Waals surface area contributed by atoms with E-state index in [0.29, 0.717) is 5.92 Å². The van der Waals surface area contributed by atoms with Crippen LogP contribution in [0.5, 0.6) is 0 Å². The number of hydrogen-bond donors (Lipinski definition) is 1. The predicted octanol–water partition coefficient (Wildman–Crippen LogP) is 2.90. The first-order chi connectivity index (χ1) is 8.74. The highest BCUT2D eigenvalue weighted by Gasteiger charge is 2.20. The van der Waals surface area contributed by atoms with Gasteiger partial charge in [-0.05, 0) is 49.9 Å². The van der Waals surface area contributed by atoms with Crippen molar-refractivity contribution >= 4 is 11.3 Å². The molecule has 0 aliphatic carbocycles. The SMILES string of the molecule is Cc1cc(-c2sccc2C)nc(C2CCNC2)n1. The first kappa shape index (κ1) is 11.8. The third kappa shape index (κ3) is 2.18. The molecule has 0 spiro atoms. The highest BCUT2D eigenvalue weighted by molar-refractivity contribution is 7.13. The van der Waals surface area contributed by atoms with Gasteiger partial charge >= 0.3 is 0 Å². The van der Waals surface area contributed by atoms with Crippen LogP contribution < -0.4 is 5.32 Å². The maximum absolute atomic E-state index is 4.78. The van der Waals surface area contributed by atoms with Crippen LogP contribution in [0.25, 0.3) is 10.6 Å². The lowest BCUT2D eigenvalue weighted by Crippen LogP contribution is -2.11. The zero-order chi connectivity index (χ0) is 12.5. The van der Waals surface area contributed by atoms with Gasteiger partial charge in [0, 0.05) is 18.2 Å². The van der Waals surface area contributed by atoms with E-state index in [9.17, 15) is 0 Å². The molecule has 1 aliphatic heterocycles. The standard InChI is InChI=1S/C14H17N3S/c1-9-4-6-18-13(9)12-7-10(2)16-14(17-12)11-3-5-15-8-11/h4,6-7,11,15H,3,5,8H2,1-2H3. The smallest absolute Gasteiger partial charge is 0.133 e. The molecule has 94 valence electrons. The number of thiophene rings is 1. The molecule has 1 aliphatic rings. The predicted molar refractivity (Wildman–Crippen MR) is 75.0 cm³/mol. The zero-order valence-electron chi connectivity index (χ0n) is 10.7. The summed E-state index contributed by atoms with van der Waals surface area (Å²) in [6, 6.07) is 4.24. The zero-order valence-corrected chi connectivity index (χ0v) is 11.5. The summed E-state index contributed by atoms with van der Waals surface area (Å²) in [7, 11) is 0. The quantitative estimate of drug-likeness (QED) is 0.901. The van der Waals surface area contributed by atoms with Crippen molar-refractivity contribution in [3.05, 3.63) is 34.6 Å². The fourth-order valence-corrected chi connectivity index (χ4v) is 3.29. The second-order valence-electron chi connectivity index (χ2n) is 4.88. The van der Waals surface area contributed by atoms with Crippen LogP contribution in [0.1, 0.15) is 29.4 Å². The van der Waals surface area contributed by atoms with Gasteiger partial charge in [-0.15, -0.1) is 11.3 Å². The van der Waals surface area contributed by atoms with Crippen molar-refractivity contribution in [1.82, 2.24) is 15.3 Å². The Hall–Kier alpha value is -1.26. The molecule has 0 amide bonds. The molecule has 18 heavy (non-hydrogen) atoms. The summed E-state index contributed by atoms with van der Waals surface area (Å²) in [5, 5.41) is 5.50. The molecule has 2 aromatic heterocycles. The van der Waals surface area contributed by atoms with Crippen LogP contribution in [0, 0.1) is 13.8 Å². The van der Waals surface area contributed by atoms with Gasteiger partial charge in [0.15, 0.2) is 0 Å². The molecule has 1 unspecified atom stereocenters. The van der Waals surface area contributed by atoms with Crippen LogP contribution in [-0.4, -0.2) is 23.1 Å². The Bertz CT molecular complexity index is 556. The van der Waals surface area contributed by atoms with Gasteiger partial charge in [-0.1, -0.05) is 0 Å². The lowest BCUT2D eigenvalue weighted by atomic mass is 10.1. The van der Waals surface area contributed by atoms with Crippen LogP contribution in [-0.2, 0) is 0 Å². The van der Waals surface area contributed by atoms with E-state index in [2.05, 4.69) is 41.7 Å². The molecule has 0 radical (unpaired) electrons. The van der Waals surface area contributed by atoms with E-state index in [1.165, 1.54) is 10.4 Å². The Kier molecular flexibility index (Phi) is 3.14. The van der Waals surface area contributed by atoms with Gasteiger partial charge in [0.1, 0.15) is 5.82 Å². The number of hydrogen-bond acceptors (Lipinski definition) is 4. The highest BCUT2D eigenvalue weighted by Crippen LogP contribution is 2.29. The Morgan fingerprint density at radius 1 is 1.33 bits per heavy atom. The largest absolute Gasteiger partial charge is 0.316 e. The minimum atomic E-state index is 0.476. The molecule has 1 saturated heterocycles. The van der Waals surface area contributed by atoms with Gasteiger partial charge in [-0.2, -0.15) is 0 Å². The third-order valence-electron chi connectivity index (χ3n) is 3.39. The first-order valence-corrected chi connectivity index (χ1v) is 7.23. The molecule has 2 aromatic rings. The average molecular weight is 259 g/mol. The van der Waals surface area contributed by atoms with Gasteiger partial charge < -0.3 is 5.32 Å². The molecule has 1 N–H and O–H groups in total. The molecular formula is C14H17N3S. The van der Waals surface area contributed by atoms with Crippen LogP contribution in [0.2, 0.25) is 0 Å². The van der Waals surface area contributed by atoms with Crippen molar-refractivity contribution in [2.75, 3.05) is 13.1 Å². The number of aryl methyl sites for hydroxylation is 2. The van der Waals surface area contributed by atoms with Crippen LogP contribution >= 0.6 is 11.3 Å². The summed E-state index contributed by atoms with van der Waals surface area (Å²) < 4.78 is 0. The molecule has 0 aromatic carbocycles. The van der Waals surface area contributed by atoms with Crippen LogP contribution in [0.4, 0.5) is 0 Å². The van der Waals surface area contributed by atoms with E-state index in [1.54, 1.807) is 11.3 Å². The van der Waals surface area contributed by atoms with E-state index >= 15 is 0 Å². The van der Waals surface area contributed by atoms with E-state index in [-0.39, 0.29) is 0 Å². The summed E-state index contributed by atoms with van der Waals surface area (Å²) in [6.45, 7) is 6.28. The van der Waals surface area contributed by atoms with Crippen molar-refractivity contribution < 1.29 is 0 Å². The summed E-state index contributed by atoms with van der Waals surface area (Å²) >= 11 is 1.76. The Morgan fingerprint density at radius 3 is 2.89 bits per heavy atom. The fraction of sp³-hybridized carbons (Fsp3) is 0.429. The van der Waals surface area contributed by atoms with Crippen molar-refractivity contribution in [2.24, 2.45) is 0 Å². The van der Waals surface area contributed by atoms with Crippen LogP contribution in [0.15, 0.2) is 17.5 Å². The normalized spacial score (nSPS) is 19.3. The maximum atomic E-state index is 4.78. The van der Waals surface area contributed by atoms with Crippen LogP contribution in [0.3, 0.4) is 0 Å². The molecule has 3 rings (SSSR count). The lowest BCUT2D eigenvalue weighted by Gasteiger charge is -2.10. The van der Waals surface area contributed by atoms with Gasteiger partial charge in [-0.25, -0.2) is 9.97 Å². The van der Waals surface area contributed by atoms with Gasteiger partial charge in [0.25, 0.3) is 0 Å². The van der Waals surface area contributed by atoms with Gasteiger partial charge in [0.2, 0.25) is 0 Å².